The molecule has 106 valence electrons. The molecule has 1 heterocycles. The van der Waals surface area contributed by atoms with Crippen LogP contribution in [0.4, 0.5) is 5.69 Å². The first-order valence-corrected chi connectivity index (χ1v) is 7.40. The van der Waals surface area contributed by atoms with E-state index in [9.17, 15) is 4.79 Å². The third-order valence-corrected chi connectivity index (χ3v) is 3.98. The van der Waals surface area contributed by atoms with Crippen LogP contribution in [-0.4, -0.2) is 11.9 Å². The Hall–Kier alpha value is -2.35. The van der Waals surface area contributed by atoms with E-state index in [1.54, 1.807) is 6.08 Å². The highest BCUT2D eigenvalue weighted by molar-refractivity contribution is 6.05. The molecule has 3 rings (SSSR count). The zero-order chi connectivity index (χ0) is 14.7. The Bertz CT molecular complexity index is 660. The molecule has 1 aliphatic rings. The first-order chi connectivity index (χ1) is 10.3. The largest absolute Gasteiger partial charge is 0.306 e. The summed E-state index contributed by atoms with van der Waals surface area (Å²) in [5.74, 6) is 0.0542. The first-order valence-electron chi connectivity index (χ1n) is 7.40. The van der Waals surface area contributed by atoms with Crippen molar-refractivity contribution in [1.82, 2.24) is 0 Å². The van der Waals surface area contributed by atoms with Crippen molar-refractivity contribution >= 4 is 17.7 Å². The summed E-state index contributed by atoms with van der Waals surface area (Å²) in [7, 11) is 0. The maximum absolute atomic E-state index is 12.6. The van der Waals surface area contributed by atoms with Crippen molar-refractivity contribution in [3.63, 3.8) is 0 Å². The highest BCUT2D eigenvalue weighted by atomic mass is 16.2. The highest BCUT2D eigenvalue weighted by Gasteiger charge is 2.26. The smallest absolute Gasteiger partial charge is 0.251 e. The Labute approximate surface area is 125 Å². The molecule has 0 saturated heterocycles. The third-order valence-electron chi connectivity index (χ3n) is 3.98. The van der Waals surface area contributed by atoms with Gasteiger partial charge in [-0.25, -0.2) is 0 Å². The average Bonchev–Trinajstić information content (AvgIpc) is 2.53. The standard InChI is InChI=1S/C19H19NO/c1-15-11-13-17-9-5-6-10-18(17)20(15)19(21)14-12-16-7-3-2-4-8-16/h2-10,12,14-15H,11,13H2,1H3/b14-12+/t15-/m0/s1. The van der Waals surface area contributed by atoms with Gasteiger partial charge < -0.3 is 4.90 Å². The zero-order valence-electron chi connectivity index (χ0n) is 12.2. The highest BCUT2D eigenvalue weighted by Crippen LogP contribution is 2.30. The minimum Gasteiger partial charge on any atom is -0.306 e. The van der Waals surface area contributed by atoms with Crippen LogP contribution in [0.2, 0.25) is 0 Å². The number of para-hydroxylation sites is 1. The Kier molecular flexibility index (Phi) is 3.87. The lowest BCUT2D eigenvalue weighted by Crippen LogP contribution is -2.41. The maximum Gasteiger partial charge on any atom is 0.251 e. The molecule has 0 spiro atoms. The molecule has 2 aromatic carbocycles. The van der Waals surface area contributed by atoms with E-state index in [0.29, 0.717) is 0 Å². The van der Waals surface area contributed by atoms with Crippen LogP contribution in [0.3, 0.4) is 0 Å². The normalized spacial score (nSPS) is 17.8. The van der Waals surface area contributed by atoms with E-state index < -0.39 is 0 Å². The predicted octanol–water partition coefficient (Wildman–Crippen LogP) is 4.07. The summed E-state index contributed by atoms with van der Waals surface area (Å²) in [4.78, 5) is 14.5. The number of anilines is 1. The SMILES string of the molecule is C[C@H]1CCc2ccccc2N1C(=O)/C=C/c1ccccc1. The predicted molar refractivity (Wildman–Crippen MR) is 87.2 cm³/mol. The lowest BCUT2D eigenvalue weighted by Gasteiger charge is -2.34. The fourth-order valence-corrected chi connectivity index (χ4v) is 2.84. The van der Waals surface area contributed by atoms with E-state index in [2.05, 4.69) is 13.0 Å². The minimum absolute atomic E-state index is 0.0542. The molecule has 1 aliphatic heterocycles. The van der Waals surface area contributed by atoms with Crippen LogP contribution in [0, 0.1) is 0 Å². The zero-order valence-corrected chi connectivity index (χ0v) is 12.2. The second-order valence-corrected chi connectivity index (χ2v) is 5.47. The Morgan fingerprint density at radius 3 is 2.62 bits per heavy atom. The van der Waals surface area contributed by atoms with Crippen LogP contribution in [0.5, 0.6) is 0 Å². The number of amides is 1. The molecule has 0 radical (unpaired) electrons. The molecule has 21 heavy (non-hydrogen) atoms. The van der Waals surface area contributed by atoms with Crippen molar-refractivity contribution in [3.8, 4) is 0 Å². The molecule has 2 heteroatoms. The summed E-state index contributed by atoms with van der Waals surface area (Å²) >= 11 is 0. The van der Waals surface area contributed by atoms with Crippen molar-refractivity contribution < 1.29 is 4.79 Å². The van der Waals surface area contributed by atoms with Crippen LogP contribution >= 0.6 is 0 Å². The van der Waals surface area contributed by atoms with E-state index >= 15 is 0 Å². The molecule has 0 aliphatic carbocycles. The van der Waals surface area contributed by atoms with Crippen LogP contribution in [-0.2, 0) is 11.2 Å². The topological polar surface area (TPSA) is 20.3 Å². The minimum atomic E-state index is 0.0542. The number of rotatable bonds is 2. The number of fused-ring (bicyclic) bond motifs is 1. The molecule has 2 nitrogen and oxygen atoms in total. The number of carbonyl (C=O) groups excluding carboxylic acids is 1. The first kappa shape index (κ1) is 13.6. The van der Waals surface area contributed by atoms with Crippen molar-refractivity contribution in [2.24, 2.45) is 0 Å². The lowest BCUT2D eigenvalue weighted by atomic mass is 9.96. The van der Waals surface area contributed by atoms with Crippen molar-refractivity contribution in [3.05, 3.63) is 71.8 Å². The van der Waals surface area contributed by atoms with E-state index in [0.717, 1.165) is 24.1 Å². The molecule has 0 unspecified atom stereocenters. The molecular weight excluding hydrogens is 258 g/mol. The fourth-order valence-electron chi connectivity index (χ4n) is 2.84. The van der Waals surface area contributed by atoms with E-state index in [4.69, 9.17) is 0 Å². The lowest BCUT2D eigenvalue weighted by molar-refractivity contribution is -0.114. The van der Waals surface area contributed by atoms with Gasteiger partial charge in [-0.3, -0.25) is 4.79 Å². The quantitative estimate of drug-likeness (QED) is 0.758. The second-order valence-electron chi connectivity index (χ2n) is 5.47. The molecule has 0 saturated carbocycles. The van der Waals surface area contributed by atoms with Crippen LogP contribution in [0.1, 0.15) is 24.5 Å². The third kappa shape index (κ3) is 2.89. The van der Waals surface area contributed by atoms with Gasteiger partial charge in [0.1, 0.15) is 0 Å². The van der Waals surface area contributed by atoms with Crippen molar-refractivity contribution in [2.45, 2.75) is 25.8 Å². The van der Waals surface area contributed by atoms with Gasteiger partial charge in [0, 0.05) is 17.8 Å². The maximum atomic E-state index is 12.6. The molecule has 0 aromatic heterocycles. The van der Waals surface area contributed by atoms with Crippen LogP contribution in [0.15, 0.2) is 60.7 Å². The van der Waals surface area contributed by atoms with Crippen LogP contribution < -0.4 is 4.90 Å². The van der Waals surface area contributed by atoms with Gasteiger partial charge in [-0.05, 0) is 43.0 Å². The summed E-state index contributed by atoms with van der Waals surface area (Å²) < 4.78 is 0. The van der Waals surface area contributed by atoms with Crippen molar-refractivity contribution in [1.29, 1.82) is 0 Å². The van der Waals surface area contributed by atoms with Gasteiger partial charge in [-0.15, -0.1) is 0 Å². The molecule has 2 aromatic rings. The van der Waals surface area contributed by atoms with Gasteiger partial charge in [0.05, 0.1) is 0 Å². The fraction of sp³-hybridized carbons (Fsp3) is 0.211. The van der Waals surface area contributed by atoms with Gasteiger partial charge in [0.2, 0.25) is 0 Å². The Morgan fingerprint density at radius 2 is 1.81 bits per heavy atom. The van der Waals surface area contributed by atoms with Gasteiger partial charge in [0.25, 0.3) is 5.91 Å². The van der Waals surface area contributed by atoms with E-state index in [1.165, 1.54) is 5.56 Å². The van der Waals surface area contributed by atoms with Gasteiger partial charge in [-0.2, -0.15) is 0 Å². The molecule has 0 N–H and O–H groups in total. The number of carbonyl (C=O) groups is 1. The number of hydrogen-bond donors (Lipinski definition) is 0. The summed E-state index contributed by atoms with van der Waals surface area (Å²) in [5, 5.41) is 0. The molecule has 0 bridgehead atoms. The molecule has 0 fully saturated rings. The Morgan fingerprint density at radius 1 is 1.10 bits per heavy atom. The van der Waals surface area contributed by atoms with Crippen LogP contribution in [0.25, 0.3) is 6.08 Å². The second kappa shape index (κ2) is 5.96. The van der Waals surface area contributed by atoms with E-state index in [-0.39, 0.29) is 11.9 Å². The monoisotopic (exact) mass is 277 g/mol. The van der Waals surface area contributed by atoms with E-state index in [1.807, 2.05) is 59.5 Å². The summed E-state index contributed by atoms with van der Waals surface area (Å²) in [6.45, 7) is 2.12. The molecule has 1 amide bonds. The van der Waals surface area contributed by atoms with Gasteiger partial charge in [-0.1, -0.05) is 48.5 Å². The molecule has 1 atom stereocenters. The number of hydrogen-bond acceptors (Lipinski definition) is 1. The molecular formula is C19H19NO. The Balaban J connectivity index is 1.86. The number of benzene rings is 2. The number of nitrogens with zero attached hydrogens (tertiary/aromatic N) is 1. The van der Waals surface area contributed by atoms with Gasteiger partial charge >= 0.3 is 0 Å². The summed E-state index contributed by atoms with van der Waals surface area (Å²) in [6, 6.07) is 18.4. The summed E-state index contributed by atoms with van der Waals surface area (Å²) in [5.41, 5.74) is 3.36. The average molecular weight is 277 g/mol. The van der Waals surface area contributed by atoms with Crippen molar-refractivity contribution in [2.75, 3.05) is 4.90 Å². The summed E-state index contributed by atoms with van der Waals surface area (Å²) in [6.07, 6.45) is 5.62. The number of aryl methyl sites for hydroxylation is 1. The van der Waals surface area contributed by atoms with Gasteiger partial charge in [0.15, 0.2) is 0 Å².